The van der Waals surface area contributed by atoms with Crippen molar-refractivity contribution >= 4 is 22.6 Å². The Labute approximate surface area is 102 Å². The number of ketones is 1. The highest BCUT2D eigenvalue weighted by Crippen LogP contribution is 2.35. The van der Waals surface area contributed by atoms with Crippen molar-refractivity contribution < 1.29 is 9.59 Å². The molecule has 1 saturated carbocycles. The highest BCUT2D eigenvalue weighted by molar-refractivity contribution is 6.63. The van der Waals surface area contributed by atoms with Crippen LogP contribution in [0.2, 0.25) is 0 Å². The molecule has 1 rings (SSSR count). The highest BCUT2D eigenvalue weighted by atomic mass is 35.5. The van der Waals surface area contributed by atoms with E-state index in [1.165, 1.54) is 0 Å². The van der Waals surface area contributed by atoms with Gasteiger partial charge in [0.1, 0.15) is 5.78 Å². The molecule has 0 aromatic heterocycles. The van der Waals surface area contributed by atoms with Gasteiger partial charge in [0.2, 0.25) is 5.24 Å². The van der Waals surface area contributed by atoms with E-state index in [0.29, 0.717) is 18.6 Å². The van der Waals surface area contributed by atoms with Gasteiger partial charge in [-0.3, -0.25) is 9.59 Å². The number of Topliss-reactive ketones (excluding diaryl/α,β-unsaturated/α-hetero) is 1. The molecule has 1 aliphatic rings. The fraction of sp³-hybridized carbons (Fsp3) is 0.692. The number of carbonyl (C=O) groups is 2. The molecule has 0 radical (unpaired) electrons. The lowest BCUT2D eigenvalue weighted by Crippen LogP contribution is -2.16. The third-order valence-corrected chi connectivity index (χ3v) is 3.49. The topological polar surface area (TPSA) is 34.1 Å². The zero-order valence-corrected chi connectivity index (χ0v) is 10.3. The van der Waals surface area contributed by atoms with Crippen LogP contribution in [0.1, 0.15) is 44.9 Å². The fourth-order valence-electron chi connectivity index (χ4n) is 2.48. The van der Waals surface area contributed by atoms with Crippen LogP contribution < -0.4 is 0 Å². The molecule has 0 amide bonds. The number of allylic oxidation sites excluding steroid dienone is 1. The summed E-state index contributed by atoms with van der Waals surface area (Å²) in [5.41, 5.74) is 0. The Kier molecular flexibility index (Phi) is 5.75. The van der Waals surface area contributed by atoms with Crippen molar-refractivity contribution in [2.24, 2.45) is 11.8 Å². The molecule has 2 unspecified atom stereocenters. The molecule has 0 aromatic rings. The molecular weight excluding hydrogens is 224 g/mol. The maximum absolute atomic E-state index is 11.7. The summed E-state index contributed by atoms with van der Waals surface area (Å²) < 4.78 is 0. The molecule has 3 heteroatoms. The number of halogens is 1. The molecule has 0 heterocycles. The van der Waals surface area contributed by atoms with Gasteiger partial charge in [-0.25, -0.2) is 0 Å². The highest BCUT2D eigenvalue weighted by Gasteiger charge is 2.34. The molecule has 0 bridgehead atoms. The molecule has 2 atom stereocenters. The summed E-state index contributed by atoms with van der Waals surface area (Å²) in [4.78, 5) is 22.5. The minimum Gasteiger partial charge on any atom is -0.299 e. The van der Waals surface area contributed by atoms with Crippen LogP contribution in [-0.4, -0.2) is 11.0 Å². The predicted molar refractivity (Wildman–Crippen MR) is 65.4 cm³/mol. The summed E-state index contributed by atoms with van der Waals surface area (Å²) in [7, 11) is 0. The normalized spacial score (nSPS) is 24.7. The van der Waals surface area contributed by atoms with Crippen molar-refractivity contribution in [1.82, 2.24) is 0 Å². The van der Waals surface area contributed by atoms with E-state index in [1.807, 2.05) is 6.08 Å². The van der Waals surface area contributed by atoms with Crippen LogP contribution in [0.15, 0.2) is 12.7 Å². The van der Waals surface area contributed by atoms with Crippen molar-refractivity contribution in [2.75, 3.05) is 0 Å². The fourth-order valence-corrected chi connectivity index (χ4v) is 2.68. The minimum atomic E-state index is -0.309. The summed E-state index contributed by atoms with van der Waals surface area (Å²) in [6.45, 7) is 3.67. The first kappa shape index (κ1) is 13.4. The molecule has 1 fully saturated rings. The van der Waals surface area contributed by atoms with E-state index in [1.54, 1.807) is 0 Å². The van der Waals surface area contributed by atoms with Crippen LogP contribution in [0, 0.1) is 11.8 Å². The van der Waals surface area contributed by atoms with E-state index in [0.717, 1.165) is 32.1 Å². The van der Waals surface area contributed by atoms with E-state index >= 15 is 0 Å². The van der Waals surface area contributed by atoms with Gasteiger partial charge in [-0.05, 0) is 43.2 Å². The molecule has 0 aliphatic heterocycles. The van der Waals surface area contributed by atoms with Gasteiger partial charge in [-0.2, -0.15) is 0 Å². The second-order valence-electron chi connectivity index (χ2n) is 4.50. The lowest BCUT2D eigenvalue weighted by Gasteiger charge is -2.16. The Balaban J connectivity index is 2.37. The zero-order valence-electron chi connectivity index (χ0n) is 9.58. The standard InChI is InChI=1S/C13H19ClO2/c1-2-3-4-5-6-11-10(9-13(14)16)7-8-12(11)15/h2,10-11H,1,3-9H2. The Bertz CT molecular complexity index is 273. The SMILES string of the molecule is C=CCCCCC1C(=O)CCC1CC(=O)Cl. The number of unbranched alkanes of at least 4 members (excludes halogenated alkanes) is 2. The second-order valence-corrected chi connectivity index (χ2v) is 4.93. The lowest BCUT2D eigenvalue weighted by atomic mass is 9.88. The van der Waals surface area contributed by atoms with Gasteiger partial charge in [-0.15, -0.1) is 6.58 Å². The van der Waals surface area contributed by atoms with Gasteiger partial charge in [0.25, 0.3) is 0 Å². The van der Waals surface area contributed by atoms with Crippen molar-refractivity contribution in [3.05, 3.63) is 12.7 Å². The minimum absolute atomic E-state index is 0.0764. The Morgan fingerprint density at radius 3 is 2.88 bits per heavy atom. The van der Waals surface area contributed by atoms with Crippen LogP contribution >= 0.6 is 11.6 Å². The number of hydrogen-bond donors (Lipinski definition) is 0. The first-order valence-corrected chi connectivity index (χ1v) is 6.35. The van der Waals surface area contributed by atoms with Gasteiger partial charge in [0, 0.05) is 18.8 Å². The molecule has 0 N–H and O–H groups in total. The number of carbonyl (C=O) groups excluding carboxylic acids is 2. The van der Waals surface area contributed by atoms with E-state index in [-0.39, 0.29) is 17.1 Å². The van der Waals surface area contributed by atoms with Crippen LogP contribution in [-0.2, 0) is 9.59 Å². The second kappa shape index (κ2) is 6.85. The van der Waals surface area contributed by atoms with Gasteiger partial charge in [0.15, 0.2) is 0 Å². The largest absolute Gasteiger partial charge is 0.299 e. The maximum Gasteiger partial charge on any atom is 0.221 e. The van der Waals surface area contributed by atoms with Gasteiger partial charge in [0.05, 0.1) is 0 Å². The zero-order chi connectivity index (χ0) is 12.0. The average molecular weight is 243 g/mol. The van der Waals surface area contributed by atoms with E-state index in [2.05, 4.69) is 6.58 Å². The molecule has 1 aliphatic carbocycles. The van der Waals surface area contributed by atoms with E-state index < -0.39 is 0 Å². The third kappa shape index (κ3) is 4.09. The molecule has 90 valence electrons. The summed E-state index contributed by atoms with van der Waals surface area (Å²) in [5.74, 6) is 0.593. The van der Waals surface area contributed by atoms with Gasteiger partial charge < -0.3 is 0 Å². The van der Waals surface area contributed by atoms with E-state index in [4.69, 9.17) is 11.6 Å². The predicted octanol–water partition coefficient (Wildman–Crippen LogP) is 3.48. The van der Waals surface area contributed by atoms with Crippen LogP contribution in [0.4, 0.5) is 0 Å². The van der Waals surface area contributed by atoms with Crippen LogP contribution in [0.5, 0.6) is 0 Å². The monoisotopic (exact) mass is 242 g/mol. The maximum atomic E-state index is 11.7. The van der Waals surface area contributed by atoms with Gasteiger partial charge >= 0.3 is 0 Å². The van der Waals surface area contributed by atoms with Crippen LogP contribution in [0.3, 0.4) is 0 Å². The molecule has 2 nitrogen and oxygen atoms in total. The quantitative estimate of drug-likeness (QED) is 0.389. The number of rotatable bonds is 7. The Hall–Kier alpha value is -0.630. The lowest BCUT2D eigenvalue weighted by molar-refractivity contribution is -0.121. The summed E-state index contributed by atoms with van der Waals surface area (Å²) in [6, 6.07) is 0. The van der Waals surface area contributed by atoms with Crippen molar-refractivity contribution in [2.45, 2.75) is 44.9 Å². The molecule has 0 aromatic carbocycles. The number of hydrogen-bond acceptors (Lipinski definition) is 2. The average Bonchev–Trinajstić information content (AvgIpc) is 2.55. The third-order valence-electron chi connectivity index (χ3n) is 3.34. The molecule has 16 heavy (non-hydrogen) atoms. The summed E-state index contributed by atoms with van der Waals surface area (Å²) in [6.07, 6.45) is 7.74. The molecule has 0 spiro atoms. The summed E-state index contributed by atoms with van der Waals surface area (Å²) >= 11 is 5.39. The van der Waals surface area contributed by atoms with Gasteiger partial charge in [-0.1, -0.05) is 12.5 Å². The Morgan fingerprint density at radius 1 is 1.50 bits per heavy atom. The van der Waals surface area contributed by atoms with Crippen LogP contribution in [0.25, 0.3) is 0 Å². The smallest absolute Gasteiger partial charge is 0.221 e. The van der Waals surface area contributed by atoms with E-state index in [9.17, 15) is 9.59 Å². The molecular formula is C13H19ClO2. The van der Waals surface area contributed by atoms with Crippen molar-refractivity contribution in [3.63, 3.8) is 0 Å². The van der Waals surface area contributed by atoms with Crippen molar-refractivity contribution in [3.8, 4) is 0 Å². The Morgan fingerprint density at radius 2 is 2.25 bits per heavy atom. The first-order valence-electron chi connectivity index (χ1n) is 5.97. The molecule has 0 saturated heterocycles. The summed E-state index contributed by atoms with van der Waals surface area (Å²) in [5, 5.41) is -0.309. The first-order chi connectivity index (χ1) is 7.65. The van der Waals surface area contributed by atoms with Crippen molar-refractivity contribution in [1.29, 1.82) is 0 Å².